The molecule has 0 aromatic heterocycles. The second-order valence-electron chi connectivity index (χ2n) is 7.59. The minimum absolute atomic E-state index is 0. The highest BCUT2D eigenvalue weighted by Gasteiger charge is 2.24. The van der Waals surface area contributed by atoms with Crippen LogP contribution < -0.4 is 10.6 Å². The summed E-state index contributed by atoms with van der Waals surface area (Å²) in [6.45, 7) is 3.53. The van der Waals surface area contributed by atoms with Crippen LogP contribution in [0, 0.1) is 0 Å². The molecular formula is C21H31ClIN5O2. The van der Waals surface area contributed by atoms with Crippen molar-refractivity contribution in [2.45, 2.75) is 38.1 Å². The number of nitrogens with one attached hydrogen (secondary N) is 2. The first-order chi connectivity index (χ1) is 14.0. The number of carbonyl (C=O) groups is 2. The summed E-state index contributed by atoms with van der Waals surface area (Å²) in [7, 11) is 1.76. The summed E-state index contributed by atoms with van der Waals surface area (Å²) in [5.41, 5.74) is 0.938. The van der Waals surface area contributed by atoms with Crippen molar-refractivity contribution in [2.75, 3.05) is 39.8 Å². The summed E-state index contributed by atoms with van der Waals surface area (Å²) in [6.07, 6.45) is 3.91. The molecule has 1 aromatic carbocycles. The van der Waals surface area contributed by atoms with Crippen LogP contribution in [0.4, 0.5) is 0 Å². The highest BCUT2D eigenvalue weighted by Crippen LogP contribution is 2.18. The minimum Gasteiger partial charge on any atom is -0.356 e. The second-order valence-corrected chi connectivity index (χ2v) is 8.03. The lowest BCUT2D eigenvalue weighted by molar-refractivity contribution is -0.131. The number of rotatable bonds is 7. The van der Waals surface area contributed by atoms with Crippen LogP contribution in [0.5, 0.6) is 0 Å². The molecule has 2 fully saturated rings. The highest BCUT2D eigenvalue weighted by molar-refractivity contribution is 14.0. The van der Waals surface area contributed by atoms with Crippen molar-refractivity contribution in [2.24, 2.45) is 4.99 Å². The summed E-state index contributed by atoms with van der Waals surface area (Å²) in [5.74, 6) is 1.09. The van der Waals surface area contributed by atoms with Crippen LogP contribution in [-0.2, 0) is 16.0 Å². The van der Waals surface area contributed by atoms with Crippen molar-refractivity contribution in [1.82, 2.24) is 20.4 Å². The third-order valence-electron chi connectivity index (χ3n) is 5.19. The summed E-state index contributed by atoms with van der Waals surface area (Å²) < 4.78 is 0. The van der Waals surface area contributed by atoms with Crippen molar-refractivity contribution >= 4 is 53.4 Å². The van der Waals surface area contributed by atoms with Gasteiger partial charge in [-0.15, -0.1) is 24.0 Å². The molecule has 1 heterocycles. The zero-order valence-corrected chi connectivity index (χ0v) is 20.5. The SMILES string of the molecule is CN=C(NCCCC(=O)NC1CC1)N1CCN(C(=O)Cc2cccc(Cl)c2)CC1.I. The van der Waals surface area contributed by atoms with Gasteiger partial charge in [-0.05, 0) is 37.0 Å². The number of aliphatic imine (C=N–C) groups is 1. The monoisotopic (exact) mass is 547 g/mol. The van der Waals surface area contributed by atoms with Gasteiger partial charge in [0.1, 0.15) is 0 Å². The van der Waals surface area contributed by atoms with Crippen LogP contribution in [-0.4, -0.2) is 73.4 Å². The number of hydrogen-bond acceptors (Lipinski definition) is 3. The van der Waals surface area contributed by atoms with Crippen LogP contribution in [0.1, 0.15) is 31.2 Å². The molecule has 2 amide bonds. The Morgan fingerprint density at radius 1 is 1.17 bits per heavy atom. The number of guanidine groups is 1. The Morgan fingerprint density at radius 2 is 1.87 bits per heavy atom. The highest BCUT2D eigenvalue weighted by atomic mass is 127. The van der Waals surface area contributed by atoms with E-state index in [2.05, 4.69) is 20.5 Å². The molecule has 0 unspecified atom stereocenters. The van der Waals surface area contributed by atoms with Gasteiger partial charge in [-0.25, -0.2) is 0 Å². The average molecular weight is 548 g/mol. The number of amides is 2. The lowest BCUT2D eigenvalue weighted by Gasteiger charge is -2.36. The zero-order chi connectivity index (χ0) is 20.6. The lowest BCUT2D eigenvalue weighted by Crippen LogP contribution is -2.54. The molecule has 166 valence electrons. The fraction of sp³-hybridized carbons (Fsp3) is 0.571. The van der Waals surface area contributed by atoms with Crippen LogP contribution in [0.25, 0.3) is 0 Å². The number of hydrogen-bond donors (Lipinski definition) is 2. The van der Waals surface area contributed by atoms with Crippen molar-refractivity contribution in [3.63, 3.8) is 0 Å². The van der Waals surface area contributed by atoms with Crippen LogP contribution in [0.3, 0.4) is 0 Å². The summed E-state index contributed by atoms with van der Waals surface area (Å²) in [6, 6.07) is 7.87. The molecule has 1 aromatic rings. The van der Waals surface area contributed by atoms with E-state index in [1.807, 2.05) is 29.2 Å². The molecule has 1 aliphatic heterocycles. The van der Waals surface area contributed by atoms with Crippen molar-refractivity contribution in [1.29, 1.82) is 0 Å². The third-order valence-corrected chi connectivity index (χ3v) is 5.43. The summed E-state index contributed by atoms with van der Waals surface area (Å²) in [5, 5.41) is 6.99. The van der Waals surface area contributed by atoms with Crippen LogP contribution in [0.15, 0.2) is 29.3 Å². The zero-order valence-electron chi connectivity index (χ0n) is 17.4. The smallest absolute Gasteiger partial charge is 0.227 e. The molecule has 1 aliphatic carbocycles. The molecule has 1 saturated carbocycles. The van der Waals surface area contributed by atoms with Gasteiger partial charge < -0.3 is 20.4 Å². The predicted octanol–water partition coefficient (Wildman–Crippen LogP) is 2.28. The minimum atomic E-state index is 0. The van der Waals surface area contributed by atoms with Crippen LogP contribution in [0.2, 0.25) is 5.02 Å². The molecular weight excluding hydrogens is 517 g/mol. The summed E-state index contributed by atoms with van der Waals surface area (Å²) in [4.78, 5) is 32.7. The van der Waals surface area contributed by atoms with E-state index in [4.69, 9.17) is 11.6 Å². The van der Waals surface area contributed by atoms with E-state index in [1.165, 1.54) is 0 Å². The molecule has 0 radical (unpaired) electrons. The molecule has 2 aliphatic rings. The fourth-order valence-corrected chi connectivity index (χ4v) is 3.62. The number of carbonyl (C=O) groups excluding carboxylic acids is 2. The second kappa shape index (κ2) is 12.3. The average Bonchev–Trinajstić information content (AvgIpc) is 3.52. The first-order valence-electron chi connectivity index (χ1n) is 10.3. The van der Waals surface area contributed by atoms with Gasteiger partial charge in [-0.3, -0.25) is 14.6 Å². The van der Waals surface area contributed by atoms with Gasteiger partial charge in [0, 0.05) is 57.3 Å². The molecule has 3 rings (SSSR count). The summed E-state index contributed by atoms with van der Waals surface area (Å²) >= 11 is 6.00. The molecule has 2 N–H and O–H groups in total. The van der Waals surface area contributed by atoms with E-state index < -0.39 is 0 Å². The molecule has 0 bridgehead atoms. The quantitative estimate of drug-likeness (QED) is 0.238. The normalized spacial score (nSPS) is 16.7. The van der Waals surface area contributed by atoms with E-state index in [-0.39, 0.29) is 35.8 Å². The van der Waals surface area contributed by atoms with Gasteiger partial charge in [0.25, 0.3) is 0 Å². The van der Waals surface area contributed by atoms with Gasteiger partial charge >= 0.3 is 0 Å². The number of benzene rings is 1. The maximum Gasteiger partial charge on any atom is 0.227 e. The Labute approximate surface area is 200 Å². The van der Waals surface area contributed by atoms with Crippen molar-refractivity contribution in [3.05, 3.63) is 34.9 Å². The van der Waals surface area contributed by atoms with E-state index in [0.29, 0.717) is 43.5 Å². The Kier molecular flexibility index (Phi) is 10.2. The maximum atomic E-state index is 12.6. The lowest BCUT2D eigenvalue weighted by atomic mass is 10.1. The van der Waals surface area contributed by atoms with E-state index >= 15 is 0 Å². The Balaban J connectivity index is 0.00000320. The van der Waals surface area contributed by atoms with E-state index in [9.17, 15) is 9.59 Å². The molecule has 9 heteroatoms. The first-order valence-corrected chi connectivity index (χ1v) is 10.7. The van der Waals surface area contributed by atoms with Gasteiger partial charge in [0.2, 0.25) is 11.8 Å². The Hall–Kier alpha value is -1.55. The van der Waals surface area contributed by atoms with Gasteiger partial charge in [-0.1, -0.05) is 23.7 Å². The standard InChI is InChI=1S/C21H30ClN5O2.HI/c1-23-21(24-9-3-6-19(28)25-18-7-8-18)27-12-10-26(11-13-27)20(29)15-16-4-2-5-17(22)14-16;/h2,4-5,14,18H,3,6-13,15H2,1H3,(H,23,24)(H,25,28);1H. The van der Waals surface area contributed by atoms with E-state index in [1.54, 1.807) is 7.05 Å². The van der Waals surface area contributed by atoms with Gasteiger partial charge in [0.05, 0.1) is 6.42 Å². The Morgan fingerprint density at radius 3 is 2.50 bits per heavy atom. The number of halogens is 2. The number of nitrogens with zero attached hydrogens (tertiary/aromatic N) is 3. The fourth-order valence-electron chi connectivity index (χ4n) is 3.41. The molecule has 1 saturated heterocycles. The topological polar surface area (TPSA) is 77.0 Å². The largest absolute Gasteiger partial charge is 0.356 e. The molecule has 30 heavy (non-hydrogen) atoms. The third kappa shape index (κ3) is 7.94. The van der Waals surface area contributed by atoms with Crippen molar-refractivity contribution in [3.8, 4) is 0 Å². The van der Waals surface area contributed by atoms with E-state index in [0.717, 1.165) is 43.9 Å². The first kappa shape index (κ1) is 24.7. The Bertz CT molecular complexity index is 749. The van der Waals surface area contributed by atoms with Gasteiger partial charge in [0.15, 0.2) is 5.96 Å². The molecule has 7 nitrogen and oxygen atoms in total. The molecule has 0 spiro atoms. The molecule has 0 atom stereocenters. The maximum absolute atomic E-state index is 12.6. The predicted molar refractivity (Wildman–Crippen MR) is 130 cm³/mol. The van der Waals surface area contributed by atoms with Gasteiger partial charge in [-0.2, -0.15) is 0 Å². The van der Waals surface area contributed by atoms with Crippen LogP contribution >= 0.6 is 35.6 Å². The van der Waals surface area contributed by atoms with Crippen molar-refractivity contribution < 1.29 is 9.59 Å². The number of piperazine rings is 1.